The van der Waals surface area contributed by atoms with Crippen molar-refractivity contribution in [3.63, 3.8) is 0 Å². The number of halogens is 1. The molecule has 0 aliphatic carbocycles. The number of hydrogen-bond donors (Lipinski definition) is 0. The van der Waals surface area contributed by atoms with Gasteiger partial charge in [0.15, 0.2) is 0 Å². The standard InChI is InChI=1S/C21H27BrN2O4/c1-15(2)24(21(26)17-6-8-18(22)9-7-17)14-20(25)23(11-12-27-4)13-19-10-5-16(3)28-19/h5-10,15H,11-14H2,1-4H3. The van der Waals surface area contributed by atoms with Crippen LogP contribution in [0.4, 0.5) is 0 Å². The van der Waals surface area contributed by atoms with Crippen LogP contribution in [0.5, 0.6) is 0 Å². The number of rotatable bonds is 9. The van der Waals surface area contributed by atoms with Crippen LogP contribution in [0.15, 0.2) is 45.3 Å². The fourth-order valence-corrected chi connectivity index (χ4v) is 3.01. The fourth-order valence-electron chi connectivity index (χ4n) is 2.74. The van der Waals surface area contributed by atoms with Crippen LogP contribution in [-0.4, -0.2) is 54.5 Å². The molecule has 0 fully saturated rings. The summed E-state index contributed by atoms with van der Waals surface area (Å²) >= 11 is 3.37. The van der Waals surface area contributed by atoms with Crippen LogP contribution < -0.4 is 0 Å². The van der Waals surface area contributed by atoms with Crippen molar-refractivity contribution in [2.24, 2.45) is 0 Å². The Morgan fingerprint density at radius 1 is 1.14 bits per heavy atom. The Balaban J connectivity index is 2.14. The van der Waals surface area contributed by atoms with Crippen molar-refractivity contribution in [1.82, 2.24) is 9.80 Å². The van der Waals surface area contributed by atoms with Gasteiger partial charge in [0.2, 0.25) is 5.91 Å². The molecule has 152 valence electrons. The summed E-state index contributed by atoms with van der Waals surface area (Å²) in [7, 11) is 1.59. The minimum atomic E-state index is -0.170. The van der Waals surface area contributed by atoms with Crippen molar-refractivity contribution in [3.05, 3.63) is 58.0 Å². The second kappa shape index (κ2) is 10.4. The lowest BCUT2D eigenvalue weighted by Gasteiger charge is -2.30. The number of methoxy groups -OCH3 is 1. The molecule has 0 spiro atoms. The molecule has 2 aromatic rings. The third-order valence-corrected chi connectivity index (χ3v) is 4.87. The number of benzene rings is 1. The molecule has 0 saturated heterocycles. The molecule has 0 aliphatic rings. The van der Waals surface area contributed by atoms with Gasteiger partial charge in [0.05, 0.1) is 13.2 Å². The van der Waals surface area contributed by atoms with Crippen molar-refractivity contribution in [2.75, 3.05) is 26.8 Å². The van der Waals surface area contributed by atoms with Gasteiger partial charge in [-0.25, -0.2) is 0 Å². The van der Waals surface area contributed by atoms with E-state index in [4.69, 9.17) is 9.15 Å². The van der Waals surface area contributed by atoms with Gasteiger partial charge < -0.3 is 19.0 Å². The Labute approximate surface area is 174 Å². The Kier molecular flexibility index (Phi) is 8.26. The first kappa shape index (κ1) is 22.2. The highest BCUT2D eigenvalue weighted by atomic mass is 79.9. The second-order valence-electron chi connectivity index (χ2n) is 6.85. The third kappa shape index (κ3) is 6.21. The van der Waals surface area contributed by atoms with Gasteiger partial charge >= 0.3 is 0 Å². The van der Waals surface area contributed by atoms with Gasteiger partial charge in [-0.3, -0.25) is 9.59 Å². The number of furan rings is 1. The third-order valence-electron chi connectivity index (χ3n) is 4.34. The maximum Gasteiger partial charge on any atom is 0.254 e. The van der Waals surface area contributed by atoms with E-state index in [1.54, 1.807) is 29.0 Å². The minimum Gasteiger partial charge on any atom is -0.464 e. The van der Waals surface area contributed by atoms with Gasteiger partial charge in [0.1, 0.15) is 18.1 Å². The predicted octanol–water partition coefficient (Wildman–Crippen LogP) is 3.88. The summed E-state index contributed by atoms with van der Waals surface area (Å²) < 4.78 is 11.6. The SMILES string of the molecule is COCCN(Cc1ccc(C)o1)C(=O)CN(C(=O)c1ccc(Br)cc1)C(C)C. The first-order valence-electron chi connectivity index (χ1n) is 9.20. The summed E-state index contributed by atoms with van der Waals surface area (Å²) in [6, 6.07) is 10.7. The van der Waals surface area contributed by atoms with E-state index in [2.05, 4.69) is 15.9 Å². The maximum atomic E-state index is 13.0. The summed E-state index contributed by atoms with van der Waals surface area (Å²) in [5.74, 6) is 1.18. The van der Waals surface area contributed by atoms with Crippen LogP contribution in [0.2, 0.25) is 0 Å². The van der Waals surface area contributed by atoms with Crippen LogP contribution in [0, 0.1) is 6.92 Å². The number of hydrogen-bond acceptors (Lipinski definition) is 4. The molecule has 0 unspecified atom stereocenters. The Morgan fingerprint density at radius 3 is 2.36 bits per heavy atom. The van der Waals surface area contributed by atoms with E-state index in [0.717, 1.165) is 10.2 Å². The van der Waals surface area contributed by atoms with Gasteiger partial charge in [-0.15, -0.1) is 0 Å². The maximum absolute atomic E-state index is 13.0. The smallest absolute Gasteiger partial charge is 0.254 e. The molecule has 28 heavy (non-hydrogen) atoms. The van der Waals surface area contributed by atoms with E-state index >= 15 is 0 Å². The summed E-state index contributed by atoms with van der Waals surface area (Å²) in [4.78, 5) is 29.2. The van der Waals surface area contributed by atoms with E-state index < -0.39 is 0 Å². The number of aryl methyl sites for hydroxylation is 1. The largest absolute Gasteiger partial charge is 0.464 e. The first-order chi connectivity index (χ1) is 13.3. The van der Waals surface area contributed by atoms with E-state index in [9.17, 15) is 9.59 Å². The average molecular weight is 451 g/mol. The topological polar surface area (TPSA) is 63.0 Å². The van der Waals surface area contributed by atoms with E-state index in [1.807, 2.05) is 45.0 Å². The molecule has 1 heterocycles. The molecular weight excluding hydrogens is 424 g/mol. The Bertz CT molecular complexity index is 786. The van der Waals surface area contributed by atoms with Gasteiger partial charge in [0.25, 0.3) is 5.91 Å². The molecule has 0 bridgehead atoms. The van der Waals surface area contributed by atoms with E-state index in [0.29, 0.717) is 31.0 Å². The number of carbonyl (C=O) groups is 2. The predicted molar refractivity (Wildman–Crippen MR) is 111 cm³/mol. The quantitative estimate of drug-likeness (QED) is 0.581. The molecule has 0 saturated carbocycles. The summed E-state index contributed by atoms with van der Waals surface area (Å²) in [5, 5.41) is 0. The first-order valence-corrected chi connectivity index (χ1v) is 9.99. The van der Waals surface area contributed by atoms with Crippen LogP contribution in [0.25, 0.3) is 0 Å². The zero-order chi connectivity index (χ0) is 20.7. The second-order valence-corrected chi connectivity index (χ2v) is 7.77. The summed E-state index contributed by atoms with van der Waals surface area (Å²) in [5.41, 5.74) is 0.551. The van der Waals surface area contributed by atoms with Crippen LogP contribution in [0.1, 0.15) is 35.7 Å². The Hall–Kier alpha value is -2.12. The molecule has 2 amide bonds. The molecule has 1 aromatic heterocycles. The highest BCUT2D eigenvalue weighted by molar-refractivity contribution is 9.10. The molecule has 0 radical (unpaired) electrons. The average Bonchev–Trinajstić information content (AvgIpc) is 3.07. The van der Waals surface area contributed by atoms with E-state index in [1.165, 1.54) is 0 Å². The molecule has 0 atom stereocenters. The minimum absolute atomic E-state index is 0.00400. The Morgan fingerprint density at radius 2 is 1.82 bits per heavy atom. The van der Waals surface area contributed by atoms with Gasteiger partial charge in [-0.05, 0) is 57.2 Å². The van der Waals surface area contributed by atoms with Crippen LogP contribution >= 0.6 is 15.9 Å². The number of nitrogens with zero attached hydrogens (tertiary/aromatic N) is 2. The lowest BCUT2D eigenvalue weighted by atomic mass is 10.1. The van der Waals surface area contributed by atoms with Gasteiger partial charge in [0, 0.05) is 29.7 Å². The molecule has 0 aliphatic heterocycles. The molecular formula is C21H27BrN2O4. The van der Waals surface area contributed by atoms with Crippen molar-refractivity contribution in [3.8, 4) is 0 Å². The molecule has 2 rings (SSSR count). The lowest BCUT2D eigenvalue weighted by molar-refractivity contribution is -0.133. The number of ether oxygens (including phenoxy) is 1. The lowest BCUT2D eigenvalue weighted by Crippen LogP contribution is -2.46. The molecule has 7 heteroatoms. The summed E-state index contributed by atoms with van der Waals surface area (Å²) in [6.45, 7) is 6.84. The highest BCUT2D eigenvalue weighted by Crippen LogP contribution is 2.15. The number of carbonyl (C=O) groups excluding carboxylic acids is 2. The molecule has 0 N–H and O–H groups in total. The van der Waals surface area contributed by atoms with Crippen molar-refractivity contribution in [1.29, 1.82) is 0 Å². The van der Waals surface area contributed by atoms with Crippen molar-refractivity contribution in [2.45, 2.75) is 33.4 Å². The van der Waals surface area contributed by atoms with Crippen molar-refractivity contribution >= 4 is 27.7 Å². The monoisotopic (exact) mass is 450 g/mol. The van der Waals surface area contributed by atoms with E-state index in [-0.39, 0.29) is 24.4 Å². The highest BCUT2D eigenvalue weighted by Gasteiger charge is 2.25. The van der Waals surface area contributed by atoms with Crippen LogP contribution in [-0.2, 0) is 16.1 Å². The zero-order valence-electron chi connectivity index (χ0n) is 16.8. The number of amides is 2. The van der Waals surface area contributed by atoms with Crippen LogP contribution in [0.3, 0.4) is 0 Å². The summed E-state index contributed by atoms with van der Waals surface area (Å²) in [6.07, 6.45) is 0. The van der Waals surface area contributed by atoms with Gasteiger partial charge in [-0.2, -0.15) is 0 Å². The zero-order valence-corrected chi connectivity index (χ0v) is 18.4. The van der Waals surface area contributed by atoms with Crippen molar-refractivity contribution < 1.29 is 18.7 Å². The molecule has 1 aromatic carbocycles. The fraction of sp³-hybridized carbons (Fsp3) is 0.429. The molecule has 6 nitrogen and oxygen atoms in total. The normalized spacial score (nSPS) is 10.9. The van der Waals surface area contributed by atoms with Gasteiger partial charge in [-0.1, -0.05) is 15.9 Å².